The van der Waals surface area contributed by atoms with Crippen molar-refractivity contribution < 1.29 is 9.90 Å². The van der Waals surface area contributed by atoms with E-state index in [-0.39, 0.29) is 5.69 Å². The molecule has 4 nitrogen and oxygen atoms in total. The Morgan fingerprint density at radius 3 is 2.59 bits per heavy atom. The summed E-state index contributed by atoms with van der Waals surface area (Å²) in [5.74, 6) is -0.975. The molecule has 17 heavy (non-hydrogen) atoms. The maximum Gasteiger partial charge on any atom is 0.354 e. The molecule has 1 aromatic heterocycles. The first-order valence-corrected chi connectivity index (χ1v) is 6.10. The standard InChI is InChI=1S/C13H18N2O2/c1-15(10-5-3-2-4-6-10)11-7-8-12(13(16)17)14-9-11/h7-10H,2-6H2,1H3,(H,16,17). The van der Waals surface area contributed by atoms with Gasteiger partial charge in [0.1, 0.15) is 5.69 Å². The molecule has 0 bridgehead atoms. The van der Waals surface area contributed by atoms with E-state index in [1.54, 1.807) is 12.3 Å². The van der Waals surface area contributed by atoms with Crippen LogP contribution >= 0.6 is 0 Å². The van der Waals surface area contributed by atoms with Crippen LogP contribution in [-0.4, -0.2) is 29.1 Å². The van der Waals surface area contributed by atoms with Crippen molar-refractivity contribution in [3.63, 3.8) is 0 Å². The lowest BCUT2D eigenvalue weighted by atomic mass is 9.94. The summed E-state index contributed by atoms with van der Waals surface area (Å²) < 4.78 is 0. The van der Waals surface area contributed by atoms with E-state index in [0.717, 1.165) is 5.69 Å². The van der Waals surface area contributed by atoms with Crippen molar-refractivity contribution >= 4 is 11.7 Å². The molecular weight excluding hydrogens is 216 g/mol. The molecule has 92 valence electrons. The van der Waals surface area contributed by atoms with Crippen LogP contribution in [0.25, 0.3) is 0 Å². The summed E-state index contributed by atoms with van der Waals surface area (Å²) >= 11 is 0. The number of pyridine rings is 1. The molecule has 1 aliphatic rings. The van der Waals surface area contributed by atoms with E-state index in [9.17, 15) is 4.79 Å². The molecule has 0 aromatic carbocycles. The highest BCUT2D eigenvalue weighted by Crippen LogP contribution is 2.25. The van der Waals surface area contributed by atoms with Crippen LogP contribution in [0.2, 0.25) is 0 Å². The summed E-state index contributed by atoms with van der Waals surface area (Å²) in [5, 5.41) is 8.79. The maximum atomic E-state index is 10.7. The van der Waals surface area contributed by atoms with Crippen molar-refractivity contribution in [1.29, 1.82) is 0 Å². The van der Waals surface area contributed by atoms with Crippen LogP contribution in [0.1, 0.15) is 42.6 Å². The monoisotopic (exact) mass is 234 g/mol. The molecule has 0 saturated heterocycles. The summed E-state index contributed by atoms with van der Waals surface area (Å²) in [7, 11) is 2.06. The number of hydrogen-bond donors (Lipinski definition) is 1. The molecule has 1 heterocycles. The number of nitrogens with zero attached hydrogens (tertiary/aromatic N) is 2. The molecule has 4 heteroatoms. The average molecular weight is 234 g/mol. The molecule has 0 unspecified atom stereocenters. The third-order valence-electron chi connectivity index (χ3n) is 3.50. The first-order chi connectivity index (χ1) is 8.18. The number of aromatic carboxylic acids is 1. The Bertz CT molecular complexity index is 383. The fourth-order valence-electron chi connectivity index (χ4n) is 2.40. The number of hydrogen-bond acceptors (Lipinski definition) is 3. The minimum atomic E-state index is -0.975. The van der Waals surface area contributed by atoms with Crippen LogP contribution in [-0.2, 0) is 0 Å². The zero-order valence-electron chi connectivity index (χ0n) is 10.1. The molecule has 0 radical (unpaired) electrons. The molecule has 1 aromatic rings. The SMILES string of the molecule is CN(c1ccc(C(=O)O)nc1)C1CCCCC1. The van der Waals surface area contributed by atoms with Gasteiger partial charge in [-0.15, -0.1) is 0 Å². The second-order valence-corrected chi connectivity index (χ2v) is 4.61. The number of anilines is 1. The smallest absolute Gasteiger partial charge is 0.354 e. The zero-order chi connectivity index (χ0) is 12.3. The van der Waals surface area contributed by atoms with Crippen LogP contribution < -0.4 is 4.90 Å². The van der Waals surface area contributed by atoms with E-state index in [1.807, 2.05) is 6.07 Å². The van der Waals surface area contributed by atoms with Gasteiger partial charge < -0.3 is 10.0 Å². The van der Waals surface area contributed by atoms with Gasteiger partial charge in [0.25, 0.3) is 0 Å². The summed E-state index contributed by atoms with van der Waals surface area (Å²) in [4.78, 5) is 16.9. The predicted octanol–water partition coefficient (Wildman–Crippen LogP) is 2.55. The van der Waals surface area contributed by atoms with Gasteiger partial charge in [0.15, 0.2) is 0 Å². The quantitative estimate of drug-likeness (QED) is 0.873. The fourth-order valence-corrected chi connectivity index (χ4v) is 2.40. The number of carbonyl (C=O) groups is 1. The van der Waals surface area contributed by atoms with Gasteiger partial charge >= 0.3 is 5.97 Å². The second kappa shape index (κ2) is 5.17. The Balaban J connectivity index is 2.07. The fraction of sp³-hybridized carbons (Fsp3) is 0.538. The first kappa shape index (κ1) is 11.9. The second-order valence-electron chi connectivity index (χ2n) is 4.61. The molecule has 0 aliphatic heterocycles. The molecule has 1 fully saturated rings. The lowest BCUT2D eigenvalue weighted by Gasteiger charge is -2.32. The maximum absolute atomic E-state index is 10.7. The number of carboxylic acids is 1. The zero-order valence-corrected chi connectivity index (χ0v) is 10.1. The third kappa shape index (κ3) is 2.75. The van der Waals surface area contributed by atoms with Crippen molar-refractivity contribution in [3.05, 3.63) is 24.0 Å². The van der Waals surface area contributed by atoms with E-state index in [0.29, 0.717) is 6.04 Å². The van der Waals surface area contributed by atoms with Gasteiger partial charge in [-0.25, -0.2) is 9.78 Å². The Morgan fingerprint density at radius 2 is 2.06 bits per heavy atom. The minimum Gasteiger partial charge on any atom is -0.477 e. The van der Waals surface area contributed by atoms with Gasteiger partial charge in [-0.2, -0.15) is 0 Å². The molecule has 1 saturated carbocycles. The van der Waals surface area contributed by atoms with E-state index in [4.69, 9.17) is 5.11 Å². The Labute approximate surface area is 101 Å². The van der Waals surface area contributed by atoms with Crippen LogP contribution in [0.5, 0.6) is 0 Å². The predicted molar refractivity (Wildman–Crippen MR) is 66.5 cm³/mol. The van der Waals surface area contributed by atoms with Crippen molar-refractivity contribution in [2.24, 2.45) is 0 Å². The van der Waals surface area contributed by atoms with Gasteiger partial charge in [-0.05, 0) is 25.0 Å². The Morgan fingerprint density at radius 1 is 1.35 bits per heavy atom. The molecule has 0 amide bonds. The van der Waals surface area contributed by atoms with Gasteiger partial charge in [-0.3, -0.25) is 0 Å². The molecule has 2 rings (SSSR count). The van der Waals surface area contributed by atoms with Crippen LogP contribution in [0, 0.1) is 0 Å². The van der Waals surface area contributed by atoms with Gasteiger partial charge in [-0.1, -0.05) is 19.3 Å². The molecule has 0 spiro atoms. The van der Waals surface area contributed by atoms with Crippen molar-refractivity contribution in [2.75, 3.05) is 11.9 Å². The first-order valence-electron chi connectivity index (χ1n) is 6.10. The van der Waals surface area contributed by atoms with Crippen LogP contribution in [0.15, 0.2) is 18.3 Å². The van der Waals surface area contributed by atoms with E-state index < -0.39 is 5.97 Å². The summed E-state index contributed by atoms with van der Waals surface area (Å²) in [6.07, 6.45) is 8.00. The van der Waals surface area contributed by atoms with Crippen molar-refractivity contribution in [3.8, 4) is 0 Å². The highest BCUT2D eigenvalue weighted by Gasteiger charge is 2.18. The topological polar surface area (TPSA) is 53.4 Å². The normalized spacial score (nSPS) is 16.8. The number of aromatic nitrogens is 1. The van der Waals surface area contributed by atoms with Crippen LogP contribution in [0.4, 0.5) is 5.69 Å². The van der Waals surface area contributed by atoms with Crippen molar-refractivity contribution in [1.82, 2.24) is 4.98 Å². The highest BCUT2D eigenvalue weighted by molar-refractivity contribution is 5.85. The van der Waals surface area contributed by atoms with Gasteiger partial charge in [0.2, 0.25) is 0 Å². The Hall–Kier alpha value is -1.58. The lowest BCUT2D eigenvalue weighted by Crippen LogP contribution is -2.33. The summed E-state index contributed by atoms with van der Waals surface area (Å²) in [5.41, 5.74) is 1.10. The molecule has 0 atom stereocenters. The Kier molecular flexibility index (Phi) is 3.61. The van der Waals surface area contributed by atoms with E-state index in [1.165, 1.54) is 32.1 Å². The largest absolute Gasteiger partial charge is 0.477 e. The third-order valence-corrected chi connectivity index (χ3v) is 3.50. The van der Waals surface area contributed by atoms with Crippen molar-refractivity contribution in [2.45, 2.75) is 38.1 Å². The molecule has 1 N–H and O–H groups in total. The van der Waals surface area contributed by atoms with E-state index in [2.05, 4.69) is 16.9 Å². The van der Waals surface area contributed by atoms with Gasteiger partial charge in [0, 0.05) is 13.1 Å². The average Bonchev–Trinajstić information content (AvgIpc) is 2.39. The lowest BCUT2D eigenvalue weighted by molar-refractivity contribution is 0.0690. The van der Waals surface area contributed by atoms with Gasteiger partial charge in [0.05, 0.1) is 11.9 Å². The number of rotatable bonds is 3. The molecule has 1 aliphatic carbocycles. The minimum absolute atomic E-state index is 0.103. The summed E-state index contributed by atoms with van der Waals surface area (Å²) in [6, 6.07) is 3.98. The number of carboxylic acid groups (broad SMARTS) is 1. The van der Waals surface area contributed by atoms with E-state index >= 15 is 0 Å². The molecular formula is C13H18N2O2. The van der Waals surface area contributed by atoms with Crippen LogP contribution in [0.3, 0.4) is 0 Å². The highest BCUT2D eigenvalue weighted by atomic mass is 16.4. The summed E-state index contributed by atoms with van der Waals surface area (Å²) in [6.45, 7) is 0.